The Kier molecular flexibility index (Phi) is 5.93. The second-order valence-electron chi connectivity index (χ2n) is 7.24. The Morgan fingerprint density at radius 2 is 2.00 bits per heavy atom. The average Bonchev–Trinajstić information content (AvgIpc) is 2.87. The number of ether oxygens (including phenoxy) is 1. The highest BCUT2D eigenvalue weighted by Crippen LogP contribution is 2.39. The van der Waals surface area contributed by atoms with E-state index in [0.717, 1.165) is 42.6 Å². The van der Waals surface area contributed by atoms with Gasteiger partial charge in [0.15, 0.2) is 0 Å². The van der Waals surface area contributed by atoms with Crippen LogP contribution in [0.3, 0.4) is 0 Å². The van der Waals surface area contributed by atoms with Gasteiger partial charge in [-0.1, -0.05) is 18.2 Å². The van der Waals surface area contributed by atoms with Crippen LogP contribution in [0.4, 0.5) is 5.69 Å². The first-order chi connectivity index (χ1) is 12.5. The van der Waals surface area contributed by atoms with Crippen LogP contribution in [-0.2, 0) is 10.0 Å². The van der Waals surface area contributed by atoms with Gasteiger partial charge in [0.25, 0.3) is 0 Å². The van der Waals surface area contributed by atoms with Crippen LogP contribution in [0.1, 0.15) is 12.8 Å². The van der Waals surface area contributed by atoms with E-state index in [0.29, 0.717) is 17.5 Å². The number of rotatable bonds is 5. The summed E-state index contributed by atoms with van der Waals surface area (Å²) in [7, 11) is -3.34. The predicted molar refractivity (Wildman–Crippen MR) is 109 cm³/mol. The largest absolute Gasteiger partial charge is 0.489 e. The molecule has 4 rings (SSSR count). The van der Waals surface area contributed by atoms with Gasteiger partial charge in [0.1, 0.15) is 11.9 Å². The van der Waals surface area contributed by atoms with Gasteiger partial charge in [-0.25, -0.2) is 8.42 Å². The lowest BCUT2D eigenvalue weighted by Gasteiger charge is -2.23. The number of sulfonamides is 1. The molecule has 2 N–H and O–H groups in total. The zero-order valence-corrected chi connectivity index (χ0v) is 16.7. The molecule has 2 bridgehead atoms. The molecule has 1 aromatic heterocycles. The van der Waals surface area contributed by atoms with Crippen LogP contribution < -0.4 is 14.8 Å². The van der Waals surface area contributed by atoms with Crippen LogP contribution in [0.5, 0.6) is 5.75 Å². The summed E-state index contributed by atoms with van der Waals surface area (Å²) in [5.74, 6) is 2.08. The van der Waals surface area contributed by atoms with E-state index in [1.165, 1.54) is 12.6 Å². The minimum Gasteiger partial charge on any atom is -0.489 e. The van der Waals surface area contributed by atoms with Crippen molar-refractivity contribution in [3.05, 3.63) is 42.7 Å². The number of hydrogen-bond donors (Lipinski definition) is 2. The monoisotopic (exact) mass is 409 g/mol. The molecular weight excluding hydrogens is 386 g/mol. The molecule has 2 fully saturated rings. The van der Waals surface area contributed by atoms with E-state index >= 15 is 0 Å². The second-order valence-corrected chi connectivity index (χ2v) is 8.99. The first-order valence-corrected chi connectivity index (χ1v) is 10.8. The minimum atomic E-state index is -3.34. The molecule has 2 aromatic rings. The molecule has 1 aliphatic carbocycles. The molecule has 27 heavy (non-hydrogen) atoms. The molecule has 6 nitrogen and oxygen atoms in total. The summed E-state index contributed by atoms with van der Waals surface area (Å²) in [4.78, 5) is 4.18. The Hall–Kier alpha value is -1.83. The Morgan fingerprint density at radius 1 is 1.19 bits per heavy atom. The van der Waals surface area contributed by atoms with Crippen molar-refractivity contribution >= 4 is 28.1 Å². The van der Waals surface area contributed by atoms with Crippen molar-refractivity contribution in [1.29, 1.82) is 0 Å². The van der Waals surface area contributed by atoms with Crippen molar-refractivity contribution in [2.24, 2.45) is 11.8 Å². The number of hydrogen-bond acceptors (Lipinski definition) is 5. The summed E-state index contributed by atoms with van der Waals surface area (Å²) in [6.45, 7) is 2.10. The molecule has 0 amide bonds. The van der Waals surface area contributed by atoms with E-state index in [4.69, 9.17) is 4.74 Å². The maximum atomic E-state index is 11.5. The number of halogens is 1. The van der Waals surface area contributed by atoms with Crippen molar-refractivity contribution < 1.29 is 13.2 Å². The standard InChI is InChI=1S/C19H23N3O3S.ClH/c1-26(23,24)22-16-8-14(10-21-12-16)17-4-2-3-5-18(17)25-19-7-13-6-15(19)11-20-9-13;/h2-5,8,10,12-13,15,19-20,22H,6-7,9,11H2,1H3;1H/t13-,15-,19+;/m1./s1. The Balaban J connectivity index is 0.00000210. The molecule has 2 heterocycles. The zero-order chi connectivity index (χ0) is 18.1. The van der Waals surface area contributed by atoms with Gasteiger partial charge in [-0.15, -0.1) is 12.4 Å². The average molecular weight is 410 g/mol. The second kappa shape index (κ2) is 8.04. The topological polar surface area (TPSA) is 80.3 Å². The molecule has 2 aliphatic rings. The van der Waals surface area contributed by atoms with Crippen molar-refractivity contribution in [1.82, 2.24) is 10.3 Å². The summed E-state index contributed by atoms with van der Waals surface area (Å²) >= 11 is 0. The molecule has 0 spiro atoms. The SMILES string of the molecule is CS(=O)(=O)Nc1cncc(-c2ccccc2O[C@H]2C[C@@H]3CNC[C@H]2C3)c1.Cl. The summed E-state index contributed by atoms with van der Waals surface area (Å²) in [6, 6.07) is 9.65. The van der Waals surface area contributed by atoms with Gasteiger partial charge in [-0.2, -0.15) is 0 Å². The summed E-state index contributed by atoms with van der Waals surface area (Å²) in [5.41, 5.74) is 2.20. The highest BCUT2D eigenvalue weighted by Gasteiger charge is 2.38. The lowest BCUT2D eigenvalue weighted by atomic mass is 10.0. The molecule has 0 radical (unpaired) electrons. The van der Waals surface area contributed by atoms with Gasteiger partial charge in [-0.05, 0) is 37.4 Å². The van der Waals surface area contributed by atoms with Crippen LogP contribution >= 0.6 is 12.4 Å². The van der Waals surface area contributed by atoms with Gasteiger partial charge in [0, 0.05) is 29.8 Å². The fourth-order valence-electron chi connectivity index (χ4n) is 4.02. The van der Waals surface area contributed by atoms with Crippen molar-refractivity contribution in [2.75, 3.05) is 24.1 Å². The number of pyridine rings is 1. The third-order valence-electron chi connectivity index (χ3n) is 5.08. The van der Waals surface area contributed by atoms with Gasteiger partial charge in [0.2, 0.25) is 10.0 Å². The zero-order valence-electron chi connectivity index (χ0n) is 15.1. The summed E-state index contributed by atoms with van der Waals surface area (Å²) in [6.07, 6.45) is 6.89. The third kappa shape index (κ3) is 4.72. The molecule has 146 valence electrons. The number of benzene rings is 1. The maximum absolute atomic E-state index is 11.5. The predicted octanol–water partition coefficient (Wildman–Crippen LogP) is 2.92. The van der Waals surface area contributed by atoms with Crippen molar-refractivity contribution in [2.45, 2.75) is 18.9 Å². The molecule has 0 unspecified atom stereocenters. The first kappa shape index (κ1) is 19.9. The number of nitrogens with one attached hydrogen (secondary N) is 2. The fraction of sp³-hybridized carbons (Fsp3) is 0.421. The minimum absolute atomic E-state index is 0. The maximum Gasteiger partial charge on any atom is 0.229 e. The van der Waals surface area contributed by atoms with E-state index in [-0.39, 0.29) is 18.5 Å². The lowest BCUT2D eigenvalue weighted by Crippen LogP contribution is -2.34. The number of anilines is 1. The van der Waals surface area contributed by atoms with Crippen molar-refractivity contribution in [3.63, 3.8) is 0 Å². The van der Waals surface area contributed by atoms with Gasteiger partial charge < -0.3 is 10.1 Å². The first-order valence-electron chi connectivity index (χ1n) is 8.87. The molecular formula is C19H24ClN3O3S. The van der Waals surface area contributed by atoms with Crippen LogP contribution in [0.2, 0.25) is 0 Å². The smallest absolute Gasteiger partial charge is 0.229 e. The van der Waals surface area contributed by atoms with E-state index in [2.05, 4.69) is 15.0 Å². The molecule has 8 heteroatoms. The van der Waals surface area contributed by atoms with E-state index in [1.54, 1.807) is 12.3 Å². The van der Waals surface area contributed by atoms with Crippen molar-refractivity contribution in [3.8, 4) is 16.9 Å². The Labute approximate surface area is 166 Å². The van der Waals surface area contributed by atoms with E-state index < -0.39 is 10.0 Å². The number of aromatic nitrogens is 1. The number of fused-ring (bicyclic) bond motifs is 2. The van der Waals surface area contributed by atoms with Crippen LogP contribution in [0, 0.1) is 11.8 Å². The van der Waals surface area contributed by atoms with E-state index in [1.807, 2.05) is 24.3 Å². The number of nitrogens with zero attached hydrogens (tertiary/aromatic N) is 1. The van der Waals surface area contributed by atoms with Gasteiger partial charge in [0.05, 0.1) is 18.1 Å². The Bertz CT molecular complexity index is 907. The highest BCUT2D eigenvalue weighted by atomic mass is 35.5. The molecule has 1 aliphatic heterocycles. The molecule has 1 saturated carbocycles. The quantitative estimate of drug-likeness (QED) is 0.793. The molecule has 3 atom stereocenters. The molecule has 1 saturated heterocycles. The van der Waals surface area contributed by atoms with Crippen LogP contribution in [0.15, 0.2) is 42.7 Å². The number of para-hydroxylation sites is 1. The lowest BCUT2D eigenvalue weighted by molar-refractivity contribution is 0.161. The van der Waals surface area contributed by atoms with Crippen LogP contribution in [-0.4, -0.2) is 38.9 Å². The summed E-state index contributed by atoms with van der Waals surface area (Å²) in [5, 5.41) is 3.48. The third-order valence-corrected chi connectivity index (χ3v) is 5.69. The summed E-state index contributed by atoms with van der Waals surface area (Å²) < 4.78 is 31.8. The molecule has 1 aromatic carbocycles. The number of piperidine rings is 1. The van der Waals surface area contributed by atoms with Gasteiger partial charge in [-0.3, -0.25) is 9.71 Å². The Morgan fingerprint density at radius 3 is 2.78 bits per heavy atom. The van der Waals surface area contributed by atoms with E-state index in [9.17, 15) is 8.42 Å². The normalized spacial score (nSPS) is 24.1. The van der Waals surface area contributed by atoms with Crippen LogP contribution in [0.25, 0.3) is 11.1 Å². The highest BCUT2D eigenvalue weighted by molar-refractivity contribution is 7.92. The van der Waals surface area contributed by atoms with Gasteiger partial charge >= 0.3 is 0 Å². The fourth-order valence-corrected chi connectivity index (χ4v) is 4.56.